The van der Waals surface area contributed by atoms with Crippen LogP contribution in [0.3, 0.4) is 0 Å². The summed E-state index contributed by atoms with van der Waals surface area (Å²) in [5.41, 5.74) is 27.1. The Morgan fingerprint density at radius 3 is 1.74 bits per heavy atom. The lowest BCUT2D eigenvalue weighted by Gasteiger charge is -2.28. The van der Waals surface area contributed by atoms with E-state index >= 15 is 0 Å². The number of aliphatic imine (C=N–C) groups is 2. The third-order valence-corrected chi connectivity index (χ3v) is 6.00. The third kappa shape index (κ3) is 15.4. The fourth-order valence-electron chi connectivity index (χ4n) is 3.61. The van der Waals surface area contributed by atoms with Crippen molar-refractivity contribution in [2.75, 3.05) is 13.1 Å². The topological polar surface area (TPSA) is 279 Å². The van der Waals surface area contributed by atoms with Crippen LogP contribution in [0.25, 0.3) is 0 Å². The number of carboxylic acids is 1. The van der Waals surface area contributed by atoms with Crippen LogP contribution >= 0.6 is 0 Å². The second-order valence-electron chi connectivity index (χ2n) is 9.97. The molecule has 0 aliphatic carbocycles. The SMILES string of the molecule is CCC(C)C(NC(=O)C(N)CCCN=C(N)N)C(=O)NC(CC(C)C)C(=O)NC(CCCN=C(N)N)C(=O)O. The van der Waals surface area contributed by atoms with Crippen LogP contribution in [0.15, 0.2) is 9.98 Å². The van der Waals surface area contributed by atoms with Gasteiger partial charge in [-0.25, -0.2) is 4.79 Å². The lowest BCUT2D eigenvalue weighted by molar-refractivity contribution is -0.142. The second kappa shape index (κ2) is 18.6. The predicted octanol–water partition coefficient (Wildman–Crippen LogP) is -1.95. The van der Waals surface area contributed by atoms with Gasteiger partial charge in [-0.05, 0) is 43.9 Å². The molecule has 0 aromatic heterocycles. The number of carbonyl (C=O) groups excluding carboxylic acids is 3. The molecule has 0 heterocycles. The Bertz CT molecular complexity index is 856. The quantitative estimate of drug-likeness (QED) is 0.0481. The molecule has 3 amide bonds. The summed E-state index contributed by atoms with van der Waals surface area (Å²) in [6.07, 6.45) is 2.01. The molecular formula is C24H48N10O5. The third-order valence-electron chi connectivity index (χ3n) is 6.00. The number of hydrogen-bond donors (Lipinski definition) is 9. The van der Waals surface area contributed by atoms with Crippen LogP contribution in [0.5, 0.6) is 0 Å². The van der Waals surface area contributed by atoms with E-state index in [0.29, 0.717) is 32.2 Å². The average Bonchev–Trinajstić information content (AvgIpc) is 2.84. The second-order valence-corrected chi connectivity index (χ2v) is 9.97. The van der Waals surface area contributed by atoms with E-state index in [9.17, 15) is 24.3 Å². The molecule has 224 valence electrons. The lowest BCUT2D eigenvalue weighted by Crippen LogP contribution is -2.58. The van der Waals surface area contributed by atoms with Crippen molar-refractivity contribution < 1.29 is 24.3 Å². The van der Waals surface area contributed by atoms with E-state index < -0.39 is 47.9 Å². The van der Waals surface area contributed by atoms with Crippen LogP contribution in [-0.4, -0.2) is 78.0 Å². The molecule has 0 bridgehead atoms. The van der Waals surface area contributed by atoms with Gasteiger partial charge in [0.15, 0.2) is 11.9 Å². The first-order chi connectivity index (χ1) is 18.2. The van der Waals surface area contributed by atoms with Crippen LogP contribution in [0, 0.1) is 11.8 Å². The van der Waals surface area contributed by atoms with Crippen molar-refractivity contribution in [1.29, 1.82) is 0 Å². The molecule has 0 rings (SSSR count). The van der Waals surface area contributed by atoms with Gasteiger partial charge in [0.05, 0.1) is 6.04 Å². The Morgan fingerprint density at radius 1 is 0.769 bits per heavy atom. The molecular weight excluding hydrogens is 508 g/mol. The predicted molar refractivity (Wildman–Crippen MR) is 150 cm³/mol. The number of nitrogens with zero attached hydrogens (tertiary/aromatic N) is 2. The number of rotatable bonds is 19. The highest BCUT2D eigenvalue weighted by Crippen LogP contribution is 2.12. The van der Waals surface area contributed by atoms with Crippen LogP contribution < -0.4 is 44.6 Å². The number of aliphatic carboxylic acids is 1. The number of amides is 3. The maximum absolute atomic E-state index is 13.3. The number of carbonyl (C=O) groups is 4. The van der Waals surface area contributed by atoms with Gasteiger partial charge in [-0.2, -0.15) is 0 Å². The smallest absolute Gasteiger partial charge is 0.326 e. The Hall–Kier alpha value is -3.62. The molecule has 5 atom stereocenters. The van der Waals surface area contributed by atoms with Crippen LogP contribution in [0.4, 0.5) is 0 Å². The van der Waals surface area contributed by atoms with Gasteiger partial charge in [0.2, 0.25) is 17.7 Å². The van der Waals surface area contributed by atoms with Crippen LogP contribution in [-0.2, 0) is 19.2 Å². The van der Waals surface area contributed by atoms with Crippen molar-refractivity contribution in [3.05, 3.63) is 0 Å². The van der Waals surface area contributed by atoms with E-state index in [-0.39, 0.29) is 43.1 Å². The standard InChI is InChI=1S/C24H48N10O5/c1-5-14(4)18(34-19(35)15(25)8-6-10-30-23(26)27)21(37)33-17(12-13(2)3)20(36)32-16(22(38)39)9-7-11-31-24(28)29/h13-18H,5-12,25H2,1-4H3,(H,32,36)(H,33,37)(H,34,35)(H,38,39)(H4,26,27,30)(H4,28,29,31). The van der Waals surface area contributed by atoms with Crippen molar-refractivity contribution in [2.45, 2.75) is 90.4 Å². The van der Waals surface area contributed by atoms with E-state index in [1.165, 1.54) is 0 Å². The van der Waals surface area contributed by atoms with Crippen molar-refractivity contribution in [1.82, 2.24) is 16.0 Å². The van der Waals surface area contributed by atoms with Crippen molar-refractivity contribution >= 4 is 35.6 Å². The van der Waals surface area contributed by atoms with E-state index in [1.54, 1.807) is 6.92 Å². The van der Waals surface area contributed by atoms with E-state index in [1.807, 2.05) is 20.8 Å². The molecule has 14 N–H and O–H groups in total. The van der Waals surface area contributed by atoms with Gasteiger partial charge in [0.1, 0.15) is 18.1 Å². The zero-order chi connectivity index (χ0) is 30.1. The summed E-state index contributed by atoms with van der Waals surface area (Å²) in [5.74, 6) is -3.38. The summed E-state index contributed by atoms with van der Waals surface area (Å²) < 4.78 is 0. The van der Waals surface area contributed by atoms with Crippen molar-refractivity contribution in [2.24, 2.45) is 50.5 Å². The molecule has 0 saturated heterocycles. The molecule has 5 unspecified atom stereocenters. The molecule has 15 heteroatoms. The summed E-state index contributed by atoms with van der Waals surface area (Å²) in [4.78, 5) is 58.4. The van der Waals surface area contributed by atoms with Crippen molar-refractivity contribution in [3.8, 4) is 0 Å². The largest absolute Gasteiger partial charge is 0.480 e. The Morgan fingerprint density at radius 2 is 1.28 bits per heavy atom. The normalized spacial score (nSPS) is 14.7. The molecule has 0 radical (unpaired) electrons. The lowest BCUT2D eigenvalue weighted by atomic mass is 9.96. The Kier molecular flexibility index (Phi) is 16.9. The maximum atomic E-state index is 13.3. The number of nitrogens with two attached hydrogens (primary N) is 5. The highest BCUT2D eigenvalue weighted by Gasteiger charge is 2.32. The zero-order valence-corrected chi connectivity index (χ0v) is 23.5. The Labute approximate surface area is 230 Å². The first-order valence-corrected chi connectivity index (χ1v) is 13.2. The first-order valence-electron chi connectivity index (χ1n) is 13.2. The van der Waals surface area contributed by atoms with Crippen molar-refractivity contribution in [3.63, 3.8) is 0 Å². The number of hydrogen-bond acceptors (Lipinski definition) is 7. The molecule has 15 nitrogen and oxygen atoms in total. The molecule has 0 aliphatic heterocycles. The highest BCUT2D eigenvalue weighted by atomic mass is 16.4. The van der Waals surface area contributed by atoms with E-state index in [4.69, 9.17) is 28.7 Å². The number of carboxylic acid groups (broad SMARTS) is 1. The van der Waals surface area contributed by atoms with E-state index in [0.717, 1.165) is 0 Å². The summed E-state index contributed by atoms with van der Waals surface area (Å²) in [6, 6.07) is -4.05. The fourth-order valence-corrected chi connectivity index (χ4v) is 3.61. The van der Waals surface area contributed by atoms with Gasteiger partial charge < -0.3 is 49.7 Å². The minimum Gasteiger partial charge on any atom is -0.480 e. The summed E-state index contributed by atoms with van der Waals surface area (Å²) in [7, 11) is 0. The molecule has 0 aromatic carbocycles. The van der Waals surface area contributed by atoms with E-state index in [2.05, 4.69) is 25.9 Å². The highest BCUT2D eigenvalue weighted by molar-refractivity contribution is 5.94. The van der Waals surface area contributed by atoms with Gasteiger partial charge >= 0.3 is 5.97 Å². The van der Waals surface area contributed by atoms with Gasteiger partial charge in [0, 0.05) is 13.1 Å². The summed E-state index contributed by atoms with van der Waals surface area (Å²) in [5, 5.41) is 17.4. The van der Waals surface area contributed by atoms with Gasteiger partial charge in [-0.1, -0.05) is 34.1 Å². The number of nitrogens with one attached hydrogen (secondary N) is 3. The monoisotopic (exact) mass is 556 g/mol. The van der Waals surface area contributed by atoms with Gasteiger partial charge in [-0.3, -0.25) is 24.4 Å². The minimum absolute atomic E-state index is 0.00136. The van der Waals surface area contributed by atoms with Gasteiger partial charge in [-0.15, -0.1) is 0 Å². The first kappa shape index (κ1) is 35.4. The summed E-state index contributed by atoms with van der Waals surface area (Å²) >= 11 is 0. The average molecular weight is 557 g/mol. The molecule has 39 heavy (non-hydrogen) atoms. The minimum atomic E-state index is -1.22. The Balaban J connectivity index is 5.45. The fraction of sp³-hybridized carbons (Fsp3) is 0.750. The van der Waals surface area contributed by atoms with Crippen LogP contribution in [0.2, 0.25) is 0 Å². The molecule has 0 aliphatic rings. The molecule has 0 fully saturated rings. The molecule has 0 spiro atoms. The van der Waals surface area contributed by atoms with Crippen LogP contribution in [0.1, 0.15) is 66.2 Å². The molecule has 0 saturated carbocycles. The summed E-state index contributed by atoms with van der Waals surface area (Å²) in [6.45, 7) is 7.92. The van der Waals surface area contributed by atoms with Gasteiger partial charge in [0.25, 0.3) is 0 Å². The maximum Gasteiger partial charge on any atom is 0.326 e. The number of guanidine groups is 2. The zero-order valence-electron chi connectivity index (χ0n) is 23.5. The molecule has 0 aromatic rings.